The maximum Gasteiger partial charge on any atom is 0.319 e. The minimum atomic E-state index is -0.307. The summed E-state index contributed by atoms with van der Waals surface area (Å²) in [7, 11) is 0. The number of unbranched alkanes of at least 4 members (excludes halogenated alkanes) is 1. The van der Waals surface area contributed by atoms with Gasteiger partial charge in [-0.3, -0.25) is 0 Å². The number of nitrogens with one attached hydrogen (secondary N) is 8. The molecule has 0 saturated carbocycles. The van der Waals surface area contributed by atoms with E-state index < -0.39 is 0 Å². The normalized spacial score (nSPS) is 11.3. The first-order valence-electron chi connectivity index (χ1n) is 50.6. The SMILES string of the molecule is CCCOc1cc(/C=C/c2ccc(NC(=O)NCCCN(CCCCN(CCCNC(=O)Nc3ccc(/C=C/c4cc(OCCC)c(OCCC)c(OCCC)c4)cc3)CCCNC(=O)Nc3ccc(/C=C/c4cc(OCCC)c(OCCC)c(OCCC)c4)cc3)CCCNC(=O)Nc3ccc(/C=C/c4cc(OCCC)c(OCCC)c(OCCC)c4)cc3)cc2)cc(OCCC)c1OCCC. The van der Waals surface area contributed by atoms with E-state index in [9.17, 15) is 19.2 Å². The Morgan fingerprint density at radius 3 is 0.529 bits per heavy atom. The molecule has 8 amide bonds. The molecule has 0 aliphatic heterocycles. The molecule has 8 rings (SSSR count). The van der Waals surface area contributed by atoms with Crippen LogP contribution in [0.3, 0.4) is 0 Å². The molecule has 8 aromatic rings. The number of amides is 8. The summed E-state index contributed by atoms with van der Waals surface area (Å²) >= 11 is 0. The van der Waals surface area contributed by atoms with Crippen LogP contribution in [0.25, 0.3) is 48.6 Å². The number of carbonyl (C=O) groups is 4. The van der Waals surface area contributed by atoms with E-state index in [2.05, 4.69) is 135 Å². The standard InChI is InChI=1S/C112H156N10O16/c1-13-65-127-97-77-89(78-98(128-66-14-2)105(97)135-73-21-9)35-31-85-39-47-93(48-40-85)117-109(123)113-55-27-61-121(62-28-56-114-110(124)118-94-49-41-86(42-50-94)32-36-90-79-99(129-67-15-3)106(136-74-22-10)100(80-90)130-68-16-4)59-25-26-60-122(63-29-57-115-111(125)119-95-51-43-87(44-52-95)33-37-91-81-101(131-69-17-5)107(137-75-23-11)102(82-91)132-70-18-6)64-30-58-116-112(126)120-96-53-45-88(46-54-96)34-38-92-83-103(133-71-19-7)108(138-76-24-12)104(84-92)134-72-20-8/h31-54,77-84H,13-30,55-76H2,1-12H3,(H2,113,117,123)(H2,114,118,124)(H2,115,119,125)(H2,116,120,126)/b35-31+,36-32+,37-33+,38-34+. The predicted molar refractivity (Wildman–Crippen MR) is 565 cm³/mol. The lowest BCUT2D eigenvalue weighted by Gasteiger charge is -2.25. The van der Waals surface area contributed by atoms with Crippen molar-refractivity contribution < 1.29 is 76.0 Å². The van der Waals surface area contributed by atoms with Crippen molar-refractivity contribution in [3.63, 3.8) is 0 Å². The Kier molecular flexibility index (Phi) is 52.9. The quantitative estimate of drug-likeness (QED) is 0.0130. The van der Waals surface area contributed by atoms with Crippen LogP contribution in [0.2, 0.25) is 0 Å². The molecule has 26 nitrogen and oxygen atoms in total. The average molecular weight is 1900 g/mol. The molecular formula is C112H156N10O16. The fraction of sp³-hybridized carbons (Fsp3) is 0.464. The van der Waals surface area contributed by atoms with Crippen molar-refractivity contribution in [2.24, 2.45) is 0 Å². The van der Waals surface area contributed by atoms with E-state index in [1.807, 2.05) is 194 Å². The number of ether oxygens (including phenoxy) is 12. The van der Waals surface area contributed by atoms with E-state index in [0.29, 0.717) is 249 Å². The molecule has 0 spiro atoms. The van der Waals surface area contributed by atoms with Crippen molar-refractivity contribution in [2.45, 2.75) is 199 Å². The number of carbonyl (C=O) groups excluding carboxylic acids is 4. The molecule has 0 atom stereocenters. The summed E-state index contributed by atoms with van der Waals surface area (Å²) in [6.07, 6.45) is 30.8. The van der Waals surface area contributed by atoms with Crippen LogP contribution < -0.4 is 99.4 Å². The van der Waals surface area contributed by atoms with Gasteiger partial charge in [0.1, 0.15) is 0 Å². The Morgan fingerprint density at radius 1 is 0.210 bits per heavy atom. The molecule has 8 N–H and O–H groups in total. The lowest BCUT2D eigenvalue weighted by Crippen LogP contribution is -2.36. The van der Waals surface area contributed by atoms with Gasteiger partial charge in [-0.15, -0.1) is 0 Å². The number of nitrogens with zero attached hydrogens (tertiary/aromatic N) is 2. The summed E-state index contributed by atoms with van der Waals surface area (Å²) in [5.41, 5.74) is 10.0. The number of anilines is 4. The topological polar surface area (TPSA) is 282 Å². The van der Waals surface area contributed by atoms with E-state index >= 15 is 0 Å². The maximum absolute atomic E-state index is 13.5. The third-order valence-electron chi connectivity index (χ3n) is 21.2. The Morgan fingerprint density at radius 2 is 0.362 bits per heavy atom. The van der Waals surface area contributed by atoms with Gasteiger partial charge in [-0.1, -0.05) is 180 Å². The summed E-state index contributed by atoms with van der Waals surface area (Å²) in [6, 6.07) is 45.4. The fourth-order valence-electron chi connectivity index (χ4n) is 14.3. The van der Waals surface area contributed by atoms with Crippen molar-refractivity contribution in [1.29, 1.82) is 0 Å². The van der Waals surface area contributed by atoms with Crippen molar-refractivity contribution >= 4 is 95.5 Å². The molecular weight excluding hydrogens is 1740 g/mol. The van der Waals surface area contributed by atoms with Gasteiger partial charge in [0, 0.05) is 48.9 Å². The van der Waals surface area contributed by atoms with Crippen molar-refractivity contribution in [2.75, 3.05) is 166 Å². The largest absolute Gasteiger partial charge is 0.490 e. The van der Waals surface area contributed by atoms with Crippen LogP contribution in [0, 0.1) is 0 Å². The fourth-order valence-corrected chi connectivity index (χ4v) is 14.3. The van der Waals surface area contributed by atoms with Gasteiger partial charge < -0.3 is 109 Å². The van der Waals surface area contributed by atoms with Gasteiger partial charge in [-0.2, -0.15) is 0 Å². The van der Waals surface area contributed by atoms with E-state index in [0.717, 1.165) is 147 Å². The Balaban J connectivity index is 0.909. The van der Waals surface area contributed by atoms with Crippen LogP contribution in [0.1, 0.15) is 243 Å². The number of rotatable bonds is 69. The average Bonchev–Trinajstić information content (AvgIpc) is 0.832. The minimum Gasteiger partial charge on any atom is -0.490 e. The summed E-state index contributed by atoms with van der Waals surface area (Å²) in [6.45, 7) is 37.5. The molecule has 0 radical (unpaired) electrons. The van der Waals surface area contributed by atoms with Gasteiger partial charge in [0.15, 0.2) is 46.0 Å². The maximum atomic E-state index is 13.5. The van der Waals surface area contributed by atoms with E-state index in [1.54, 1.807) is 0 Å². The van der Waals surface area contributed by atoms with Gasteiger partial charge in [0.2, 0.25) is 23.0 Å². The lowest BCUT2D eigenvalue weighted by molar-refractivity contribution is 0.228. The van der Waals surface area contributed by atoms with Crippen LogP contribution in [-0.4, -0.2) is 179 Å². The zero-order chi connectivity index (χ0) is 98.4. The second kappa shape index (κ2) is 65.9. The monoisotopic (exact) mass is 1900 g/mol. The molecule has 138 heavy (non-hydrogen) atoms. The summed E-state index contributed by atoms with van der Waals surface area (Å²) in [5, 5.41) is 24.3. The van der Waals surface area contributed by atoms with Crippen molar-refractivity contribution in [1.82, 2.24) is 31.1 Å². The summed E-state index contributed by atoms with van der Waals surface area (Å²) in [4.78, 5) is 58.8. The molecule has 0 heterocycles. The lowest BCUT2D eigenvalue weighted by atomic mass is 10.1. The first-order valence-corrected chi connectivity index (χ1v) is 50.6. The zero-order valence-corrected chi connectivity index (χ0v) is 84.2. The Labute approximate surface area is 821 Å². The van der Waals surface area contributed by atoms with Crippen LogP contribution in [0.15, 0.2) is 146 Å². The van der Waals surface area contributed by atoms with Crippen LogP contribution in [0.4, 0.5) is 41.9 Å². The summed E-state index contributed by atoms with van der Waals surface area (Å²) in [5.74, 6) is 7.73. The highest BCUT2D eigenvalue weighted by atomic mass is 16.6. The Hall–Kier alpha value is -12.7. The predicted octanol–water partition coefficient (Wildman–Crippen LogP) is 25.4. The van der Waals surface area contributed by atoms with E-state index in [1.165, 1.54) is 0 Å². The molecule has 0 aromatic heterocycles. The molecule has 0 aliphatic rings. The molecule has 0 bridgehead atoms. The van der Waals surface area contributed by atoms with Crippen LogP contribution >= 0.6 is 0 Å². The van der Waals surface area contributed by atoms with Gasteiger partial charge in [0.05, 0.1) is 79.3 Å². The van der Waals surface area contributed by atoms with Crippen molar-refractivity contribution in [3.05, 3.63) is 190 Å². The third kappa shape index (κ3) is 41.7. The smallest absolute Gasteiger partial charge is 0.319 e. The van der Waals surface area contributed by atoms with Crippen LogP contribution in [0.5, 0.6) is 69.0 Å². The van der Waals surface area contributed by atoms with Gasteiger partial charge >= 0.3 is 24.1 Å². The minimum absolute atomic E-state index is 0.307. The number of benzene rings is 8. The number of hydrogen-bond acceptors (Lipinski definition) is 18. The molecule has 0 saturated heterocycles. The molecule has 0 unspecified atom stereocenters. The molecule has 26 heteroatoms. The number of hydrogen-bond donors (Lipinski definition) is 8. The van der Waals surface area contributed by atoms with Crippen molar-refractivity contribution in [3.8, 4) is 69.0 Å². The van der Waals surface area contributed by atoms with E-state index in [-0.39, 0.29) is 24.1 Å². The third-order valence-corrected chi connectivity index (χ3v) is 21.2. The molecule has 8 aromatic carbocycles. The Bertz CT molecular complexity index is 4240. The number of urea groups is 4. The first-order chi connectivity index (χ1) is 67.5. The van der Waals surface area contributed by atoms with Crippen LogP contribution in [-0.2, 0) is 0 Å². The highest BCUT2D eigenvalue weighted by Crippen LogP contribution is 2.44. The van der Waals surface area contributed by atoms with Gasteiger partial charge in [-0.25, -0.2) is 19.2 Å². The second-order valence-corrected chi connectivity index (χ2v) is 33.7. The highest BCUT2D eigenvalue weighted by molar-refractivity contribution is 5.92. The molecule has 0 aliphatic carbocycles. The van der Waals surface area contributed by atoms with Gasteiger partial charge in [0.25, 0.3) is 0 Å². The van der Waals surface area contributed by atoms with Gasteiger partial charge in [-0.05, 0) is 296 Å². The summed E-state index contributed by atoms with van der Waals surface area (Å²) < 4.78 is 73.9. The zero-order valence-electron chi connectivity index (χ0n) is 84.2. The highest BCUT2D eigenvalue weighted by Gasteiger charge is 2.22. The second-order valence-electron chi connectivity index (χ2n) is 33.7. The molecule has 750 valence electrons. The molecule has 0 fully saturated rings. The van der Waals surface area contributed by atoms with E-state index in [4.69, 9.17) is 56.8 Å². The first kappa shape index (κ1) is 111.